The van der Waals surface area contributed by atoms with Gasteiger partial charge in [-0.25, -0.2) is 0 Å². The van der Waals surface area contributed by atoms with Crippen LogP contribution in [-0.2, 0) is 9.59 Å². The highest BCUT2D eigenvalue weighted by atomic mass is 16.1. The summed E-state index contributed by atoms with van der Waals surface area (Å²) in [5.41, 5.74) is 0. The van der Waals surface area contributed by atoms with E-state index in [1.54, 1.807) is 6.92 Å². The van der Waals surface area contributed by atoms with E-state index in [4.69, 9.17) is 0 Å². The zero-order chi connectivity index (χ0) is 12.6. The van der Waals surface area contributed by atoms with Crippen molar-refractivity contribution in [3.63, 3.8) is 0 Å². The second-order valence-electron chi connectivity index (χ2n) is 5.97. The lowest BCUT2D eigenvalue weighted by Gasteiger charge is -2.44. The molecule has 1 saturated heterocycles. The third-order valence-electron chi connectivity index (χ3n) is 4.53. The van der Waals surface area contributed by atoms with E-state index in [1.165, 1.54) is 0 Å². The Bertz CT molecular complexity index is 324. The van der Waals surface area contributed by atoms with E-state index in [0.29, 0.717) is 24.3 Å². The van der Waals surface area contributed by atoms with Crippen LogP contribution in [-0.4, -0.2) is 35.6 Å². The van der Waals surface area contributed by atoms with Crippen molar-refractivity contribution in [2.24, 2.45) is 17.8 Å². The fraction of sp³-hybridized carbons (Fsp3) is 0.857. The normalized spacial score (nSPS) is 34.8. The van der Waals surface area contributed by atoms with E-state index in [2.05, 4.69) is 18.7 Å². The monoisotopic (exact) mass is 237 g/mol. The van der Waals surface area contributed by atoms with Gasteiger partial charge in [-0.2, -0.15) is 0 Å². The SMILES string of the molecule is CC(=O)C1CC2CN(C(C)C)CCC2CC1=O. The van der Waals surface area contributed by atoms with Gasteiger partial charge in [0.1, 0.15) is 11.6 Å². The molecule has 3 heteroatoms. The molecule has 3 nitrogen and oxygen atoms in total. The number of ketones is 2. The number of Topliss-reactive ketones (excluding diaryl/α,β-unsaturated/α-hetero) is 2. The number of piperidine rings is 1. The molecule has 0 aromatic heterocycles. The molecule has 0 radical (unpaired) electrons. The fourth-order valence-corrected chi connectivity index (χ4v) is 3.34. The van der Waals surface area contributed by atoms with Gasteiger partial charge in [0.05, 0.1) is 5.92 Å². The van der Waals surface area contributed by atoms with Gasteiger partial charge in [0.2, 0.25) is 0 Å². The number of hydrogen-bond donors (Lipinski definition) is 0. The molecule has 17 heavy (non-hydrogen) atoms. The Morgan fingerprint density at radius 2 is 2.06 bits per heavy atom. The summed E-state index contributed by atoms with van der Waals surface area (Å²) in [4.78, 5) is 25.8. The minimum atomic E-state index is -0.302. The first-order valence-electron chi connectivity index (χ1n) is 6.76. The van der Waals surface area contributed by atoms with Crippen LogP contribution in [0, 0.1) is 17.8 Å². The van der Waals surface area contributed by atoms with Crippen LogP contribution in [0.4, 0.5) is 0 Å². The largest absolute Gasteiger partial charge is 0.301 e. The minimum absolute atomic E-state index is 0.0649. The van der Waals surface area contributed by atoms with Crippen molar-refractivity contribution in [3.05, 3.63) is 0 Å². The predicted molar refractivity (Wildman–Crippen MR) is 66.7 cm³/mol. The maximum atomic E-state index is 11.9. The standard InChI is InChI=1S/C14H23NO2/c1-9(2)15-5-4-11-7-14(17)13(10(3)16)6-12(11)8-15/h9,11-13H,4-8H2,1-3H3. The van der Waals surface area contributed by atoms with E-state index >= 15 is 0 Å². The Morgan fingerprint density at radius 3 is 2.65 bits per heavy atom. The van der Waals surface area contributed by atoms with Gasteiger partial charge in [-0.15, -0.1) is 0 Å². The summed E-state index contributed by atoms with van der Waals surface area (Å²) in [5.74, 6) is 1.04. The lowest BCUT2D eigenvalue weighted by molar-refractivity contribution is -0.137. The number of nitrogens with zero attached hydrogens (tertiary/aromatic N) is 1. The highest BCUT2D eigenvalue weighted by molar-refractivity contribution is 6.01. The van der Waals surface area contributed by atoms with Gasteiger partial charge in [-0.05, 0) is 52.0 Å². The summed E-state index contributed by atoms with van der Waals surface area (Å²) in [6, 6.07) is 0.573. The smallest absolute Gasteiger partial charge is 0.143 e. The number of fused-ring (bicyclic) bond motifs is 1. The summed E-state index contributed by atoms with van der Waals surface area (Å²) in [7, 11) is 0. The van der Waals surface area contributed by atoms with Crippen molar-refractivity contribution in [1.29, 1.82) is 0 Å². The molecule has 2 rings (SSSR count). The first kappa shape index (κ1) is 12.7. The maximum Gasteiger partial charge on any atom is 0.143 e. The van der Waals surface area contributed by atoms with Crippen molar-refractivity contribution in [2.45, 2.75) is 46.1 Å². The highest BCUT2D eigenvalue weighted by Gasteiger charge is 2.40. The molecule has 0 amide bonds. The van der Waals surface area contributed by atoms with E-state index < -0.39 is 0 Å². The zero-order valence-corrected chi connectivity index (χ0v) is 11.1. The number of hydrogen-bond acceptors (Lipinski definition) is 3. The molecule has 0 N–H and O–H groups in total. The molecular formula is C14H23NO2. The molecule has 1 heterocycles. The Kier molecular flexibility index (Phi) is 3.67. The third kappa shape index (κ3) is 2.59. The average molecular weight is 237 g/mol. The molecule has 3 atom stereocenters. The van der Waals surface area contributed by atoms with Gasteiger partial charge in [-0.1, -0.05) is 0 Å². The first-order chi connectivity index (χ1) is 7.99. The van der Waals surface area contributed by atoms with E-state index in [-0.39, 0.29) is 17.5 Å². The fourth-order valence-electron chi connectivity index (χ4n) is 3.34. The van der Waals surface area contributed by atoms with Crippen molar-refractivity contribution < 1.29 is 9.59 Å². The number of carbonyl (C=O) groups excluding carboxylic acids is 2. The van der Waals surface area contributed by atoms with Crippen molar-refractivity contribution in [2.75, 3.05) is 13.1 Å². The molecule has 2 aliphatic rings. The van der Waals surface area contributed by atoms with Crippen LogP contribution in [0.5, 0.6) is 0 Å². The van der Waals surface area contributed by atoms with Crippen LogP contribution in [0.15, 0.2) is 0 Å². The number of carbonyl (C=O) groups is 2. The van der Waals surface area contributed by atoms with Crippen LogP contribution >= 0.6 is 0 Å². The topological polar surface area (TPSA) is 37.4 Å². The Hall–Kier alpha value is -0.700. The van der Waals surface area contributed by atoms with Crippen LogP contribution in [0.1, 0.15) is 40.0 Å². The van der Waals surface area contributed by atoms with Gasteiger partial charge in [-0.3, -0.25) is 9.59 Å². The summed E-state index contributed by atoms with van der Waals surface area (Å²) in [6.45, 7) is 8.18. The van der Waals surface area contributed by atoms with Gasteiger partial charge in [0.25, 0.3) is 0 Å². The van der Waals surface area contributed by atoms with Crippen LogP contribution in [0.3, 0.4) is 0 Å². The summed E-state index contributed by atoms with van der Waals surface area (Å²) < 4.78 is 0. The quantitative estimate of drug-likeness (QED) is 0.688. The average Bonchev–Trinajstić information content (AvgIpc) is 2.27. The lowest BCUT2D eigenvalue weighted by atomic mass is 9.69. The molecule has 1 aliphatic carbocycles. The van der Waals surface area contributed by atoms with E-state index in [0.717, 1.165) is 25.9 Å². The Morgan fingerprint density at radius 1 is 1.35 bits per heavy atom. The van der Waals surface area contributed by atoms with E-state index in [1.807, 2.05) is 0 Å². The van der Waals surface area contributed by atoms with Crippen molar-refractivity contribution >= 4 is 11.6 Å². The molecule has 0 aromatic carbocycles. The minimum Gasteiger partial charge on any atom is -0.301 e. The van der Waals surface area contributed by atoms with Gasteiger partial charge in [0, 0.05) is 19.0 Å². The molecule has 2 fully saturated rings. The number of rotatable bonds is 2. The molecule has 0 aromatic rings. The van der Waals surface area contributed by atoms with Gasteiger partial charge >= 0.3 is 0 Å². The molecule has 3 unspecified atom stereocenters. The maximum absolute atomic E-state index is 11.9. The molecule has 0 bridgehead atoms. The lowest BCUT2D eigenvalue weighted by Crippen LogP contribution is -2.48. The molecular weight excluding hydrogens is 214 g/mol. The number of likely N-dealkylation sites (tertiary alicyclic amines) is 1. The zero-order valence-electron chi connectivity index (χ0n) is 11.1. The van der Waals surface area contributed by atoms with Crippen molar-refractivity contribution in [3.8, 4) is 0 Å². The van der Waals surface area contributed by atoms with Gasteiger partial charge < -0.3 is 4.90 Å². The molecule has 1 aliphatic heterocycles. The Balaban J connectivity index is 2.04. The third-order valence-corrected chi connectivity index (χ3v) is 4.53. The summed E-state index contributed by atoms with van der Waals surface area (Å²) in [5, 5.41) is 0. The molecule has 0 spiro atoms. The first-order valence-corrected chi connectivity index (χ1v) is 6.76. The van der Waals surface area contributed by atoms with E-state index in [9.17, 15) is 9.59 Å². The summed E-state index contributed by atoms with van der Waals surface area (Å²) >= 11 is 0. The predicted octanol–water partition coefficient (Wildman–Crippen LogP) is 1.90. The summed E-state index contributed by atoms with van der Waals surface area (Å²) in [6.07, 6.45) is 2.56. The van der Waals surface area contributed by atoms with Crippen LogP contribution in [0.2, 0.25) is 0 Å². The van der Waals surface area contributed by atoms with Crippen LogP contribution in [0.25, 0.3) is 0 Å². The second kappa shape index (κ2) is 4.89. The molecule has 1 saturated carbocycles. The molecule has 96 valence electrons. The van der Waals surface area contributed by atoms with Crippen LogP contribution < -0.4 is 0 Å². The van der Waals surface area contributed by atoms with Gasteiger partial charge in [0.15, 0.2) is 0 Å². The Labute approximate surface area is 104 Å². The van der Waals surface area contributed by atoms with Crippen molar-refractivity contribution in [1.82, 2.24) is 4.90 Å². The highest BCUT2D eigenvalue weighted by Crippen LogP contribution is 2.38. The second-order valence-corrected chi connectivity index (χ2v) is 5.97.